The molecule has 0 saturated heterocycles. The van der Waals surface area contributed by atoms with Crippen molar-refractivity contribution in [1.29, 1.82) is 0 Å². The van der Waals surface area contributed by atoms with Crippen molar-refractivity contribution < 1.29 is 4.79 Å². The smallest absolute Gasteiger partial charge is 0.256 e. The molecule has 0 aliphatic carbocycles. The average molecular weight is 308 g/mol. The minimum atomic E-state index is 0.101. The van der Waals surface area contributed by atoms with E-state index in [1.165, 1.54) is 5.56 Å². The molecule has 0 unspecified atom stereocenters. The Labute approximate surface area is 138 Å². The zero-order valence-corrected chi connectivity index (χ0v) is 14.2. The van der Waals surface area contributed by atoms with Crippen molar-refractivity contribution in [3.05, 3.63) is 53.2 Å². The van der Waals surface area contributed by atoms with Crippen LogP contribution in [0.5, 0.6) is 0 Å². The number of fused-ring (bicyclic) bond motifs is 1. The fourth-order valence-electron chi connectivity index (χ4n) is 3.23. The highest BCUT2D eigenvalue weighted by Gasteiger charge is 2.26. The number of hydrogen-bond acceptors (Lipinski definition) is 2. The standard InChI is InChI=1S/C20H24N2O/c1-4-5-7-17-8-6-11-22(17)20(23)18-13-16-12-14(2)9-10-19(16)21-15(18)3/h6,8-10,12-13,17H,4-5,7,11H2,1-3H3/t17-/m1/s1. The fourth-order valence-corrected chi connectivity index (χ4v) is 3.23. The SMILES string of the molecule is CCCC[C@@H]1C=CCN1C(=O)c1cc2cc(C)ccc2nc1C. The highest BCUT2D eigenvalue weighted by molar-refractivity contribution is 5.99. The third kappa shape index (κ3) is 3.14. The second-order valence-corrected chi connectivity index (χ2v) is 6.41. The van der Waals surface area contributed by atoms with E-state index in [0.29, 0.717) is 6.54 Å². The fraction of sp³-hybridized carbons (Fsp3) is 0.400. The molecule has 1 aromatic carbocycles. The number of aromatic nitrogens is 1. The molecule has 3 nitrogen and oxygen atoms in total. The van der Waals surface area contributed by atoms with Crippen LogP contribution >= 0.6 is 0 Å². The number of aryl methyl sites for hydroxylation is 2. The molecule has 2 heterocycles. The molecular formula is C20H24N2O. The third-order valence-corrected chi connectivity index (χ3v) is 4.57. The highest BCUT2D eigenvalue weighted by atomic mass is 16.2. The van der Waals surface area contributed by atoms with Gasteiger partial charge in [-0.25, -0.2) is 0 Å². The predicted molar refractivity (Wildman–Crippen MR) is 94.7 cm³/mol. The van der Waals surface area contributed by atoms with Crippen LogP contribution in [0, 0.1) is 13.8 Å². The van der Waals surface area contributed by atoms with Gasteiger partial charge in [-0.05, 0) is 38.5 Å². The lowest BCUT2D eigenvalue weighted by Crippen LogP contribution is -2.36. The number of hydrogen-bond donors (Lipinski definition) is 0. The maximum absolute atomic E-state index is 13.0. The molecule has 0 N–H and O–H groups in total. The zero-order chi connectivity index (χ0) is 16.4. The van der Waals surface area contributed by atoms with Crippen LogP contribution in [0.15, 0.2) is 36.4 Å². The maximum atomic E-state index is 13.0. The summed E-state index contributed by atoms with van der Waals surface area (Å²) in [5, 5.41) is 1.04. The molecule has 0 bridgehead atoms. The Morgan fingerprint density at radius 3 is 2.91 bits per heavy atom. The summed E-state index contributed by atoms with van der Waals surface area (Å²) in [4.78, 5) is 19.6. The van der Waals surface area contributed by atoms with Crippen molar-refractivity contribution in [3.63, 3.8) is 0 Å². The average Bonchev–Trinajstić information content (AvgIpc) is 3.00. The summed E-state index contributed by atoms with van der Waals surface area (Å²) in [7, 11) is 0. The van der Waals surface area contributed by atoms with Crippen LogP contribution in [-0.2, 0) is 0 Å². The normalized spacial score (nSPS) is 17.2. The van der Waals surface area contributed by atoms with Gasteiger partial charge in [0.25, 0.3) is 5.91 Å². The van der Waals surface area contributed by atoms with Gasteiger partial charge in [-0.1, -0.05) is 43.5 Å². The molecule has 0 radical (unpaired) electrons. The molecule has 1 aliphatic rings. The van der Waals surface area contributed by atoms with Gasteiger partial charge in [-0.3, -0.25) is 9.78 Å². The number of nitrogens with zero attached hydrogens (tertiary/aromatic N) is 2. The summed E-state index contributed by atoms with van der Waals surface area (Å²) in [6.45, 7) is 6.88. The number of carbonyl (C=O) groups excluding carboxylic acids is 1. The van der Waals surface area contributed by atoms with Gasteiger partial charge < -0.3 is 4.90 Å². The monoisotopic (exact) mass is 308 g/mol. The summed E-state index contributed by atoms with van der Waals surface area (Å²) in [5.74, 6) is 0.101. The van der Waals surface area contributed by atoms with Crippen LogP contribution in [0.2, 0.25) is 0 Å². The first-order chi connectivity index (χ1) is 11.1. The Kier molecular flexibility index (Phi) is 4.46. The minimum absolute atomic E-state index is 0.101. The molecule has 2 aromatic rings. The van der Waals surface area contributed by atoms with Crippen molar-refractivity contribution in [2.24, 2.45) is 0 Å². The van der Waals surface area contributed by atoms with Crippen LogP contribution in [0.1, 0.15) is 47.8 Å². The van der Waals surface area contributed by atoms with E-state index in [2.05, 4.69) is 43.1 Å². The lowest BCUT2D eigenvalue weighted by atomic mass is 10.0. The largest absolute Gasteiger partial charge is 0.328 e. The summed E-state index contributed by atoms with van der Waals surface area (Å²) in [6.07, 6.45) is 7.61. The van der Waals surface area contributed by atoms with E-state index in [4.69, 9.17) is 0 Å². The van der Waals surface area contributed by atoms with Crippen LogP contribution in [0.4, 0.5) is 0 Å². The molecule has 120 valence electrons. The molecule has 0 spiro atoms. The van der Waals surface area contributed by atoms with Gasteiger partial charge in [-0.15, -0.1) is 0 Å². The Balaban J connectivity index is 1.92. The van der Waals surface area contributed by atoms with Crippen LogP contribution < -0.4 is 0 Å². The highest BCUT2D eigenvalue weighted by Crippen LogP contribution is 2.23. The van der Waals surface area contributed by atoms with E-state index in [9.17, 15) is 4.79 Å². The number of amides is 1. The number of pyridine rings is 1. The Morgan fingerprint density at radius 2 is 2.13 bits per heavy atom. The Morgan fingerprint density at radius 1 is 1.30 bits per heavy atom. The number of rotatable bonds is 4. The van der Waals surface area contributed by atoms with Gasteiger partial charge >= 0.3 is 0 Å². The van der Waals surface area contributed by atoms with Crippen LogP contribution in [-0.4, -0.2) is 28.4 Å². The predicted octanol–water partition coefficient (Wildman–Crippen LogP) is 4.42. The van der Waals surface area contributed by atoms with Crippen molar-refractivity contribution in [2.75, 3.05) is 6.54 Å². The summed E-state index contributed by atoms with van der Waals surface area (Å²) >= 11 is 0. The van der Waals surface area contributed by atoms with Crippen molar-refractivity contribution in [1.82, 2.24) is 9.88 Å². The summed E-state index contributed by atoms with van der Waals surface area (Å²) < 4.78 is 0. The summed E-state index contributed by atoms with van der Waals surface area (Å²) in [5.41, 5.74) is 3.68. The van der Waals surface area contributed by atoms with Crippen molar-refractivity contribution in [3.8, 4) is 0 Å². The molecule has 1 aliphatic heterocycles. The van der Waals surface area contributed by atoms with Gasteiger partial charge in [0.15, 0.2) is 0 Å². The van der Waals surface area contributed by atoms with Gasteiger partial charge in [-0.2, -0.15) is 0 Å². The molecule has 1 aromatic heterocycles. The Hall–Kier alpha value is -2.16. The molecule has 1 amide bonds. The van der Waals surface area contributed by atoms with Gasteiger partial charge in [0.1, 0.15) is 0 Å². The first kappa shape index (κ1) is 15.7. The Bertz CT molecular complexity index is 764. The van der Waals surface area contributed by atoms with E-state index < -0.39 is 0 Å². The molecule has 3 rings (SSSR count). The van der Waals surface area contributed by atoms with E-state index in [-0.39, 0.29) is 11.9 Å². The molecule has 0 fully saturated rings. The first-order valence-electron chi connectivity index (χ1n) is 8.46. The maximum Gasteiger partial charge on any atom is 0.256 e. The number of unbranched alkanes of at least 4 members (excludes halogenated alkanes) is 1. The lowest BCUT2D eigenvalue weighted by Gasteiger charge is -2.25. The van der Waals surface area contributed by atoms with E-state index in [1.54, 1.807) is 0 Å². The van der Waals surface area contributed by atoms with Gasteiger partial charge in [0, 0.05) is 11.9 Å². The molecule has 23 heavy (non-hydrogen) atoms. The molecule has 3 heteroatoms. The number of carbonyl (C=O) groups is 1. The third-order valence-electron chi connectivity index (χ3n) is 4.57. The minimum Gasteiger partial charge on any atom is -0.328 e. The van der Waals surface area contributed by atoms with Crippen LogP contribution in [0.25, 0.3) is 10.9 Å². The van der Waals surface area contributed by atoms with E-state index >= 15 is 0 Å². The molecule has 0 saturated carbocycles. The van der Waals surface area contributed by atoms with E-state index in [1.807, 2.05) is 24.0 Å². The lowest BCUT2D eigenvalue weighted by molar-refractivity contribution is 0.0742. The molecule has 1 atom stereocenters. The number of benzene rings is 1. The van der Waals surface area contributed by atoms with Gasteiger partial charge in [0.2, 0.25) is 0 Å². The van der Waals surface area contributed by atoms with Crippen LogP contribution in [0.3, 0.4) is 0 Å². The topological polar surface area (TPSA) is 33.2 Å². The second-order valence-electron chi connectivity index (χ2n) is 6.41. The van der Waals surface area contributed by atoms with Crippen molar-refractivity contribution >= 4 is 16.8 Å². The van der Waals surface area contributed by atoms with Crippen molar-refractivity contribution in [2.45, 2.75) is 46.1 Å². The summed E-state index contributed by atoms with van der Waals surface area (Å²) in [6, 6.07) is 8.40. The van der Waals surface area contributed by atoms with E-state index in [0.717, 1.165) is 41.4 Å². The zero-order valence-electron chi connectivity index (χ0n) is 14.2. The van der Waals surface area contributed by atoms with Gasteiger partial charge in [0.05, 0.1) is 22.8 Å². The quantitative estimate of drug-likeness (QED) is 0.783. The first-order valence-corrected chi connectivity index (χ1v) is 8.46. The second kappa shape index (κ2) is 6.53. The molecular weight excluding hydrogens is 284 g/mol.